The van der Waals surface area contributed by atoms with Gasteiger partial charge in [-0.25, -0.2) is 9.97 Å². The molecule has 0 aromatic carbocycles. The van der Waals surface area contributed by atoms with Crippen LogP contribution >= 0.6 is 0 Å². The maximum Gasteiger partial charge on any atom is 0.248 e. The molecule has 0 saturated carbocycles. The molecule has 104 valence electrons. The first kappa shape index (κ1) is 13.7. The van der Waals surface area contributed by atoms with Crippen LogP contribution in [0.5, 0.6) is 0 Å². The van der Waals surface area contributed by atoms with E-state index in [1.54, 1.807) is 6.20 Å². The minimum absolute atomic E-state index is 0.0409. The lowest BCUT2D eigenvalue weighted by Crippen LogP contribution is -2.46. The summed E-state index contributed by atoms with van der Waals surface area (Å²) in [6.45, 7) is 3.56. The van der Waals surface area contributed by atoms with E-state index in [0.29, 0.717) is 12.5 Å². The van der Waals surface area contributed by atoms with Gasteiger partial charge in [0.2, 0.25) is 11.9 Å². The summed E-state index contributed by atoms with van der Waals surface area (Å²) >= 11 is 0. The Morgan fingerprint density at radius 2 is 2.47 bits per heavy atom. The highest BCUT2D eigenvalue weighted by molar-refractivity contribution is 5.77. The topological polar surface area (TPSA) is 67.3 Å². The molecule has 1 amide bonds. The van der Waals surface area contributed by atoms with Gasteiger partial charge in [-0.15, -0.1) is 0 Å². The molecular weight excluding hydrogens is 244 g/mol. The Balaban J connectivity index is 1.92. The predicted octanol–water partition coefficient (Wildman–Crippen LogP) is 0.834. The van der Waals surface area contributed by atoms with Crippen LogP contribution in [0.2, 0.25) is 0 Å². The zero-order valence-corrected chi connectivity index (χ0v) is 11.4. The summed E-state index contributed by atoms with van der Waals surface area (Å²) in [5.74, 6) is 0.671. The van der Waals surface area contributed by atoms with Crippen LogP contribution in [0.25, 0.3) is 0 Å². The zero-order chi connectivity index (χ0) is 13.7. The molecule has 0 bridgehead atoms. The fourth-order valence-corrected chi connectivity index (χ4v) is 2.24. The number of piperidine rings is 1. The minimum atomic E-state index is 0.0409. The molecule has 19 heavy (non-hydrogen) atoms. The third kappa shape index (κ3) is 3.89. The number of nitrogens with zero attached hydrogens (tertiary/aromatic N) is 3. The number of anilines is 1. The molecule has 1 saturated heterocycles. The highest BCUT2D eigenvalue weighted by Crippen LogP contribution is 2.14. The second-order valence-corrected chi connectivity index (χ2v) is 4.78. The Morgan fingerprint density at radius 3 is 3.21 bits per heavy atom. The Bertz CT molecular complexity index is 438. The normalized spacial score (nSPS) is 19.3. The van der Waals surface area contributed by atoms with Crippen LogP contribution in [-0.2, 0) is 9.53 Å². The van der Waals surface area contributed by atoms with Gasteiger partial charge < -0.3 is 15.0 Å². The predicted molar refractivity (Wildman–Crippen MR) is 71.9 cm³/mol. The van der Waals surface area contributed by atoms with E-state index < -0.39 is 0 Å². The Kier molecular flexibility index (Phi) is 4.68. The largest absolute Gasteiger partial charge is 0.375 e. The highest BCUT2D eigenvalue weighted by Gasteiger charge is 2.23. The summed E-state index contributed by atoms with van der Waals surface area (Å²) in [6.07, 6.45) is 3.74. The van der Waals surface area contributed by atoms with Crippen LogP contribution in [0, 0.1) is 6.92 Å². The summed E-state index contributed by atoms with van der Waals surface area (Å²) in [5, 5.41) is 3.29. The molecule has 1 aromatic heterocycles. The summed E-state index contributed by atoms with van der Waals surface area (Å²) in [4.78, 5) is 22.1. The summed E-state index contributed by atoms with van der Waals surface area (Å²) in [5.41, 5.74) is 0.931. The van der Waals surface area contributed by atoms with Crippen LogP contribution in [-0.4, -0.2) is 53.6 Å². The van der Waals surface area contributed by atoms with Crippen molar-refractivity contribution in [2.75, 3.05) is 32.1 Å². The number of aromatic nitrogens is 2. The first-order valence-electron chi connectivity index (χ1n) is 6.52. The maximum absolute atomic E-state index is 11.8. The van der Waals surface area contributed by atoms with Gasteiger partial charge in [-0.3, -0.25) is 4.79 Å². The molecule has 0 radical (unpaired) electrons. The van der Waals surface area contributed by atoms with Gasteiger partial charge in [0.25, 0.3) is 0 Å². The lowest BCUT2D eigenvalue weighted by molar-refractivity contribution is -0.136. The number of nitrogens with one attached hydrogen (secondary N) is 1. The van der Waals surface area contributed by atoms with Crippen LogP contribution in [0.3, 0.4) is 0 Å². The minimum Gasteiger partial charge on any atom is -0.375 e. The number of amides is 1. The van der Waals surface area contributed by atoms with Crippen molar-refractivity contribution < 1.29 is 9.53 Å². The van der Waals surface area contributed by atoms with E-state index in [9.17, 15) is 4.79 Å². The number of rotatable bonds is 4. The molecule has 0 spiro atoms. The number of carbonyl (C=O) groups is 1. The number of ether oxygens (including phenoxy) is 1. The molecule has 1 fully saturated rings. The molecule has 1 aliphatic rings. The third-order valence-electron chi connectivity index (χ3n) is 3.17. The maximum atomic E-state index is 11.8. The Hall–Kier alpha value is -1.69. The average molecular weight is 264 g/mol. The Morgan fingerprint density at radius 1 is 1.63 bits per heavy atom. The van der Waals surface area contributed by atoms with Gasteiger partial charge in [-0.2, -0.15) is 0 Å². The molecule has 1 N–H and O–H groups in total. The van der Waals surface area contributed by atoms with E-state index in [4.69, 9.17) is 4.74 Å². The lowest BCUT2D eigenvalue weighted by atomic mass is 10.1. The first-order valence-corrected chi connectivity index (χ1v) is 6.52. The van der Waals surface area contributed by atoms with Crippen LogP contribution in [0.1, 0.15) is 18.5 Å². The van der Waals surface area contributed by atoms with Crippen molar-refractivity contribution in [3.05, 3.63) is 18.0 Å². The number of methoxy groups -OCH3 is 1. The quantitative estimate of drug-likeness (QED) is 0.872. The summed E-state index contributed by atoms with van der Waals surface area (Å²) in [7, 11) is 1.54. The summed E-state index contributed by atoms with van der Waals surface area (Å²) in [6, 6.07) is 2.07. The first-order chi connectivity index (χ1) is 9.19. The smallest absolute Gasteiger partial charge is 0.248 e. The van der Waals surface area contributed by atoms with Gasteiger partial charge in [0.15, 0.2) is 0 Å². The highest BCUT2D eigenvalue weighted by atomic mass is 16.5. The molecule has 1 aliphatic heterocycles. The van der Waals surface area contributed by atoms with E-state index in [1.165, 1.54) is 7.11 Å². The molecule has 0 aliphatic carbocycles. The number of hydrogen-bond donors (Lipinski definition) is 1. The monoisotopic (exact) mass is 264 g/mol. The van der Waals surface area contributed by atoms with Crippen molar-refractivity contribution in [2.24, 2.45) is 0 Å². The lowest BCUT2D eigenvalue weighted by Gasteiger charge is -2.33. The molecule has 0 unspecified atom stereocenters. The Labute approximate surface area is 113 Å². The van der Waals surface area contributed by atoms with E-state index in [1.807, 2.05) is 17.9 Å². The van der Waals surface area contributed by atoms with Crippen LogP contribution in [0.15, 0.2) is 12.3 Å². The van der Waals surface area contributed by atoms with Crippen LogP contribution < -0.4 is 5.32 Å². The van der Waals surface area contributed by atoms with Crippen molar-refractivity contribution in [3.63, 3.8) is 0 Å². The molecule has 1 aromatic rings. The molecule has 2 rings (SSSR count). The van der Waals surface area contributed by atoms with E-state index >= 15 is 0 Å². The second-order valence-electron chi connectivity index (χ2n) is 4.78. The summed E-state index contributed by atoms with van der Waals surface area (Å²) < 4.78 is 4.89. The second kappa shape index (κ2) is 6.47. The molecular formula is C13H20N4O2. The van der Waals surface area contributed by atoms with Gasteiger partial charge in [-0.1, -0.05) is 0 Å². The van der Waals surface area contributed by atoms with Gasteiger partial charge in [0.1, 0.15) is 6.61 Å². The number of carbonyl (C=O) groups excluding carboxylic acids is 1. The fraction of sp³-hybridized carbons (Fsp3) is 0.615. The van der Waals surface area contributed by atoms with Gasteiger partial charge in [0.05, 0.1) is 0 Å². The molecule has 2 heterocycles. The SMILES string of the molecule is COCC(=O)N1CCC[C@@H](Nc2nccc(C)n2)C1. The van der Waals surface area contributed by atoms with E-state index in [2.05, 4.69) is 15.3 Å². The van der Waals surface area contributed by atoms with Crippen molar-refractivity contribution in [1.29, 1.82) is 0 Å². The zero-order valence-electron chi connectivity index (χ0n) is 11.4. The van der Waals surface area contributed by atoms with E-state index in [-0.39, 0.29) is 18.6 Å². The standard InChI is InChI=1S/C13H20N4O2/c1-10-5-6-14-13(15-10)16-11-4-3-7-17(8-11)12(18)9-19-2/h5-6,11H,3-4,7-9H2,1-2H3,(H,14,15,16)/t11-/m1/s1. The fourth-order valence-electron chi connectivity index (χ4n) is 2.24. The van der Waals surface area contributed by atoms with E-state index in [0.717, 1.165) is 25.1 Å². The molecule has 6 heteroatoms. The van der Waals surface area contributed by atoms with Crippen LogP contribution in [0.4, 0.5) is 5.95 Å². The molecule has 6 nitrogen and oxygen atoms in total. The van der Waals surface area contributed by atoms with Gasteiger partial charge in [-0.05, 0) is 25.8 Å². The number of hydrogen-bond acceptors (Lipinski definition) is 5. The number of likely N-dealkylation sites (tertiary alicyclic amines) is 1. The van der Waals surface area contributed by atoms with Crippen molar-refractivity contribution in [2.45, 2.75) is 25.8 Å². The van der Waals surface area contributed by atoms with Crippen molar-refractivity contribution >= 4 is 11.9 Å². The van der Waals surface area contributed by atoms with Crippen molar-refractivity contribution in [3.8, 4) is 0 Å². The van der Waals surface area contributed by atoms with Crippen molar-refractivity contribution in [1.82, 2.24) is 14.9 Å². The van der Waals surface area contributed by atoms with Gasteiger partial charge >= 0.3 is 0 Å². The molecule has 1 atom stereocenters. The van der Waals surface area contributed by atoms with Gasteiger partial charge in [0, 0.05) is 38.1 Å². The average Bonchev–Trinajstić information content (AvgIpc) is 2.39. The third-order valence-corrected chi connectivity index (χ3v) is 3.17. The number of aryl methyl sites for hydroxylation is 1.